The molecule has 72 valence electrons. The molecule has 0 bridgehead atoms. The van der Waals surface area contributed by atoms with Crippen molar-refractivity contribution in [2.75, 3.05) is 5.73 Å². The van der Waals surface area contributed by atoms with Crippen molar-refractivity contribution < 1.29 is 5.11 Å². The van der Waals surface area contributed by atoms with Gasteiger partial charge in [0.05, 0.1) is 23.1 Å². The molecule has 0 aliphatic rings. The molecule has 0 atom stereocenters. The first-order valence-corrected chi connectivity index (χ1v) is 4.76. The number of phenolic OH excluding ortho intramolecular Hbond substituents is 1. The molecule has 0 amide bonds. The number of benzene rings is 1. The van der Waals surface area contributed by atoms with Crippen LogP contribution in [0, 0.1) is 0 Å². The SMILES string of the molecule is Nc1cn[nH]c1-c1c(O)cccc1Br. The Balaban J connectivity index is 2.68. The summed E-state index contributed by atoms with van der Waals surface area (Å²) < 4.78 is 0.772. The average Bonchev–Trinajstić information content (AvgIpc) is 2.52. The van der Waals surface area contributed by atoms with Crippen molar-refractivity contribution in [3.63, 3.8) is 0 Å². The van der Waals surface area contributed by atoms with E-state index in [0.29, 0.717) is 16.9 Å². The Hall–Kier alpha value is -1.49. The largest absolute Gasteiger partial charge is 0.507 e. The summed E-state index contributed by atoms with van der Waals surface area (Å²) >= 11 is 3.34. The van der Waals surface area contributed by atoms with Crippen LogP contribution in [-0.4, -0.2) is 15.3 Å². The van der Waals surface area contributed by atoms with Crippen molar-refractivity contribution in [3.05, 3.63) is 28.9 Å². The van der Waals surface area contributed by atoms with Gasteiger partial charge in [0.1, 0.15) is 5.75 Å². The molecule has 4 nitrogen and oxygen atoms in total. The third-order valence-corrected chi connectivity index (χ3v) is 2.57. The highest BCUT2D eigenvalue weighted by molar-refractivity contribution is 9.10. The molecule has 5 heteroatoms. The Labute approximate surface area is 88.9 Å². The van der Waals surface area contributed by atoms with E-state index in [2.05, 4.69) is 26.1 Å². The Morgan fingerprint density at radius 2 is 2.21 bits per heavy atom. The highest BCUT2D eigenvalue weighted by Gasteiger charge is 2.12. The number of nitrogen functional groups attached to an aromatic ring is 1. The predicted octanol–water partition coefficient (Wildman–Crippen LogP) is 2.13. The van der Waals surface area contributed by atoms with Crippen LogP contribution in [0.3, 0.4) is 0 Å². The Bertz CT molecular complexity index is 447. The summed E-state index contributed by atoms with van der Waals surface area (Å²) in [6.07, 6.45) is 1.51. The zero-order chi connectivity index (χ0) is 10.1. The number of nitrogens with one attached hydrogen (secondary N) is 1. The highest BCUT2D eigenvalue weighted by atomic mass is 79.9. The summed E-state index contributed by atoms with van der Waals surface area (Å²) in [5.41, 5.74) is 7.44. The van der Waals surface area contributed by atoms with Gasteiger partial charge in [-0.05, 0) is 28.1 Å². The fourth-order valence-corrected chi connectivity index (χ4v) is 1.81. The third kappa shape index (κ3) is 1.35. The fourth-order valence-electron chi connectivity index (χ4n) is 1.26. The number of aromatic amines is 1. The molecule has 0 spiro atoms. The molecule has 0 aliphatic heterocycles. The molecule has 0 saturated carbocycles. The lowest BCUT2D eigenvalue weighted by Gasteiger charge is -2.05. The number of hydrogen-bond acceptors (Lipinski definition) is 3. The Morgan fingerprint density at radius 3 is 2.79 bits per heavy atom. The second-order valence-electron chi connectivity index (χ2n) is 2.83. The number of phenols is 1. The molecule has 0 unspecified atom stereocenters. The molecule has 14 heavy (non-hydrogen) atoms. The average molecular weight is 254 g/mol. The summed E-state index contributed by atoms with van der Waals surface area (Å²) in [4.78, 5) is 0. The highest BCUT2D eigenvalue weighted by Crippen LogP contribution is 2.36. The van der Waals surface area contributed by atoms with Gasteiger partial charge >= 0.3 is 0 Å². The molecule has 1 aromatic carbocycles. The van der Waals surface area contributed by atoms with Crippen molar-refractivity contribution in [3.8, 4) is 17.0 Å². The van der Waals surface area contributed by atoms with Gasteiger partial charge in [0, 0.05) is 4.47 Å². The lowest BCUT2D eigenvalue weighted by molar-refractivity contribution is 0.477. The van der Waals surface area contributed by atoms with E-state index in [4.69, 9.17) is 5.73 Å². The van der Waals surface area contributed by atoms with Crippen molar-refractivity contribution in [1.29, 1.82) is 0 Å². The number of nitrogens with two attached hydrogens (primary N) is 1. The van der Waals surface area contributed by atoms with Crippen LogP contribution in [0.4, 0.5) is 5.69 Å². The van der Waals surface area contributed by atoms with E-state index in [9.17, 15) is 5.11 Å². The minimum absolute atomic E-state index is 0.162. The van der Waals surface area contributed by atoms with Crippen molar-refractivity contribution in [1.82, 2.24) is 10.2 Å². The minimum Gasteiger partial charge on any atom is -0.507 e. The predicted molar refractivity (Wildman–Crippen MR) is 57.8 cm³/mol. The molecule has 4 N–H and O–H groups in total. The number of nitrogens with zero attached hydrogens (tertiary/aromatic N) is 1. The summed E-state index contributed by atoms with van der Waals surface area (Å²) in [5, 5.41) is 16.2. The number of aromatic nitrogens is 2. The second kappa shape index (κ2) is 3.34. The number of aromatic hydroxyl groups is 1. The van der Waals surface area contributed by atoms with Gasteiger partial charge in [0.25, 0.3) is 0 Å². The number of rotatable bonds is 1. The zero-order valence-corrected chi connectivity index (χ0v) is 8.75. The molecule has 0 aliphatic carbocycles. The van der Waals surface area contributed by atoms with Gasteiger partial charge in [-0.2, -0.15) is 5.10 Å². The lowest BCUT2D eigenvalue weighted by Crippen LogP contribution is -1.88. The number of anilines is 1. The van der Waals surface area contributed by atoms with E-state index in [1.165, 1.54) is 6.20 Å². The first kappa shape index (κ1) is 9.08. The van der Waals surface area contributed by atoms with Crippen LogP contribution in [-0.2, 0) is 0 Å². The van der Waals surface area contributed by atoms with E-state index in [-0.39, 0.29) is 5.75 Å². The first-order valence-electron chi connectivity index (χ1n) is 3.97. The van der Waals surface area contributed by atoms with E-state index in [1.807, 2.05) is 6.07 Å². The van der Waals surface area contributed by atoms with Crippen LogP contribution in [0.1, 0.15) is 0 Å². The van der Waals surface area contributed by atoms with Gasteiger partial charge in [0.15, 0.2) is 0 Å². The van der Waals surface area contributed by atoms with Gasteiger partial charge < -0.3 is 10.8 Å². The maximum Gasteiger partial charge on any atom is 0.126 e. The Kier molecular flexibility index (Phi) is 2.17. The lowest BCUT2D eigenvalue weighted by atomic mass is 10.1. The molecule has 0 radical (unpaired) electrons. The minimum atomic E-state index is 0.162. The molecular weight excluding hydrogens is 246 g/mol. The number of H-pyrrole nitrogens is 1. The van der Waals surface area contributed by atoms with Crippen LogP contribution in [0.15, 0.2) is 28.9 Å². The van der Waals surface area contributed by atoms with E-state index in [0.717, 1.165) is 4.47 Å². The van der Waals surface area contributed by atoms with E-state index in [1.54, 1.807) is 12.1 Å². The molecule has 2 rings (SSSR count). The second-order valence-corrected chi connectivity index (χ2v) is 3.69. The van der Waals surface area contributed by atoms with Gasteiger partial charge in [0.2, 0.25) is 0 Å². The topological polar surface area (TPSA) is 74.9 Å². The van der Waals surface area contributed by atoms with Crippen molar-refractivity contribution >= 4 is 21.6 Å². The summed E-state index contributed by atoms with van der Waals surface area (Å²) in [6, 6.07) is 5.17. The van der Waals surface area contributed by atoms with Gasteiger partial charge in [-0.1, -0.05) is 6.07 Å². The maximum atomic E-state index is 9.65. The zero-order valence-electron chi connectivity index (χ0n) is 7.16. The Morgan fingerprint density at radius 1 is 1.43 bits per heavy atom. The monoisotopic (exact) mass is 253 g/mol. The molecule has 1 heterocycles. The van der Waals surface area contributed by atoms with Crippen molar-refractivity contribution in [2.24, 2.45) is 0 Å². The van der Waals surface area contributed by atoms with Crippen LogP contribution in [0.2, 0.25) is 0 Å². The van der Waals surface area contributed by atoms with Crippen molar-refractivity contribution in [2.45, 2.75) is 0 Å². The molecule has 0 saturated heterocycles. The third-order valence-electron chi connectivity index (χ3n) is 1.91. The standard InChI is InChI=1S/C9H8BrN3O/c10-5-2-1-3-7(14)8(5)9-6(11)4-12-13-9/h1-4,14H,11H2,(H,12,13). The number of halogens is 1. The van der Waals surface area contributed by atoms with Crippen LogP contribution in [0.25, 0.3) is 11.3 Å². The maximum absolute atomic E-state index is 9.65. The summed E-state index contributed by atoms with van der Waals surface area (Å²) in [7, 11) is 0. The van der Waals surface area contributed by atoms with Gasteiger partial charge in [-0.3, -0.25) is 5.10 Å². The van der Waals surface area contributed by atoms with Crippen LogP contribution < -0.4 is 5.73 Å². The molecule has 0 fully saturated rings. The van der Waals surface area contributed by atoms with Crippen LogP contribution in [0.5, 0.6) is 5.75 Å². The molecular formula is C9H8BrN3O. The summed E-state index contributed by atoms with van der Waals surface area (Å²) in [6.45, 7) is 0. The summed E-state index contributed by atoms with van der Waals surface area (Å²) in [5.74, 6) is 0.162. The van der Waals surface area contributed by atoms with Gasteiger partial charge in [-0.25, -0.2) is 0 Å². The fraction of sp³-hybridized carbons (Fsp3) is 0. The molecule has 1 aromatic heterocycles. The first-order chi connectivity index (χ1) is 6.70. The molecule has 2 aromatic rings. The normalized spacial score (nSPS) is 10.4. The van der Waals surface area contributed by atoms with E-state index < -0.39 is 0 Å². The smallest absolute Gasteiger partial charge is 0.126 e. The number of hydrogen-bond donors (Lipinski definition) is 3. The van der Waals surface area contributed by atoms with Gasteiger partial charge in [-0.15, -0.1) is 0 Å². The quantitative estimate of drug-likeness (QED) is 0.729. The van der Waals surface area contributed by atoms with E-state index >= 15 is 0 Å². The van der Waals surface area contributed by atoms with Crippen LogP contribution >= 0.6 is 15.9 Å².